The van der Waals surface area contributed by atoms with Crippen molar-refractivity contribution in [1.82, 2.24) is 0 Å². The Morgan fingerprint density at radius 2 is 1.72 bits per heavy atom. The van der Waals surface area contributed by atoms with Crippen LogP contribution in [-0.4, -0.2) is 0 Å². The van der Waals surface area contributed by atoms with Crippen molar-refractivity contribution >= 4 is 11.4 Å². The normalized spacial score (nSPS) is 12.2. The Morgan fingerprint density at radius 1 is 1.06 bits per heavy atom. The monoisotopic (exact) mass is 248 g/mol. The Bertz CT molecular complexity index is 538. The van der Waals surface area contributed by atoms with Crippen molar-refractivity contribution in [3.8, 4) is 0 Å². The number of hydrogen-bond acceptors (Lipinski definition) is 2. The molecular weight excluding hydrogens is 234 g/mol. The zero-order valence-electron chi connectivity index (χ0n) is 9.95. The van der Waals surface area contributed by atoms with Crippen molar-refractivity contribution in [2.45, 2.75) is 13.0 Å². The first kappa shape index (κ1) is 12.4. The molecule has 0 radical (unpaired) electrons. The zero-order chi connectivity index (χ0) is 13.1. The first-order valence-corrected chi connectivity index (χ1v) is 5.63. The van der Waals surface area contributed by atoms with Crippen LogP contribution in [0.1, 0.15) is 18.5 Å². The van der Waals surface area contributed by atoms with Crippen LogP contribution >= 0.6 is 0 Å². The highest BCUT2D eigenvalue weighted by Gasteiger charge is 2.08. The standard InChI is InChI=1S/C14H14F2N2/c1-9(10-2-4-11(15)5-3-10)18-14-7-6-12(17)8-13(14)16/h2-9,18H,17H2,1H3. The van der Waals surface area contributed by atoms with E-state index in [0.717, 1.165) is 5.56 Å². The first-order chi connectivity index (χ1) is 8.56. The summed E-state index contributed by atoms with van der Waals surface area (Å²) in [5.74, 6) is -0.687. The van der Waals surface area contributed by atoms with Gasteiger partial charge in [-0.1, -0.05) is 12.1 Å². The lowest BCUT2D eigenvalue weighted by Gasteiger charge is -2.16. The zero-order valence-corrected chi connectivity index (χ0v) is 9.95. The van der Waals surface area contributed by atoms with Crippen LogP contribution in [0.25, 0.3) is 0 Å². The summed E-state index contributed by atoms with van der Waals surface area (Å²) in [4.78, 5) is 0. The number of benzene rings is 2. The van der Waals surface area contributed by atoms with E-state index < -0.39 is 5.82 Å². The summed E-state index contributed by atoms with van der Waals surface area (Å²) in [5.41, 5.74) is 7.12. The molecule has 0 amide bonds. The molecule has 3 N–H and O–H groups in total. The summed E-state index contributed by atoms with van der Waals surface area (Å²) in [7, 11) is 0. The van der Waals surface area contributed by atoms with Gasteiger partial charge >= 0.3 is 0 Å². The summed E-state index contributed by atoms with van der Waals surface area (Å²) in [6.07, 6.45) is 0. The van der Waals surface area contributed by atoms with Gasteiger partial charge in [-0.25, -0.2) is 8.78 Å². The maximum Gasteiger partial charge on any atom is 0.148 e. The molecule has 0 bridgehead atoms. The molecule has 0 fully saturated rings. The second-order valence-electron chi connectivity index (χ2n) is 4.16. The fourth-order valence-corrected chi connectivity index (χ4v) is 1.72. The van der Waals surface area contributed by atoms with Crippen molar-refractivity contribution in [2.24, 2.45) is 0 Å². The Labute approximate surface area is 104 Å². The molecule has 94 valence electrons. The van der Waals surface area contributed by atoms with Crippen LogP contribution in [0.3, 0.4) is 0 Å². The van der Waals surface area contributed by atoms with Gasteiger partial charge in [0, 0.05) is 11.7 Å². The highest BCUT2D eigenvalue weighted by molar-refractivity contribution is 5.53. The first-order valence-electron chi connectivity index (χ1n) is 5.63. The average Bonchev–Trinajstić information content (AvgIpc) is 2.33. The van der Waals surface area contributed by atoms with E-state index in [-0.39, 0.29) is 11.9 Å². The van der Waals surface area contributed by atoms with Gasteiger partial charge in [-0.05, 0) is 42.8 Å². The van der Waals surface area contributed by atoms with Crippen LogP contribution in [0.4, 0.5) is 20.2 Å². The SMILES string of the molecule is CC(Nc1ccc(N)cc1F)c1ccc(F)cc1. The maximum atomic E-state index is 13.6. The van der Waals surface area contributed by atoms with Gasteiger partial charge in [-0.2, -0.15) is 0 Å². The lowest BCUT2D eigenvalue weighted by molar-refractivity contribution is 0.624. The van der Waals surface area contributed by atoms with E-state index in [1.54, 1.807) is 24.3 Å². The highest BCUT2D eigenvalue weighted by atomic mass is 19.1. The molecule has 1 atom stereocenters. The van der Waals surface area contributed by atoms with E-state index >= 15 is 0 Å². The van der Waals surface area contributed by atoms with Crippen LogP contribution in [-0.2, 0) is 0 Å². The molecule has 18 heavy (non-hydrogen) atoms. The molecule has 0 saturated heterocycles. The smallest absolute Gasteiger partial charge is 0.148 e. The van der Waals surface area contributed by atoms with Crippen molar-refractivity contribution in [1.29, 1.82) is 0 Å². The molecule has 2 nitrogen and oxygen atoms in total. The van der Waals surface area contributed by atoms with Gasteiger partial charge in [0.05, 0.1) is 5.69 Å². The van der Waals surface area contributed by atoms with E-state index in [0.29, 0.717) is 11.4 Å². The molecule has 0 heterocycles. The van der Waals surface area contributed by atoms with E-state index in [2.05, 4.69) is 5.32 Å². The number of hydrogen-bond donors (Lipinski definition) is 2. The Balaban J connectivity index is 2.15. The molecule has 4 heteroatoms. The fraction of sp³-hybridized carbons (Fsp3) is 0.143. The molecular formula is C14H14F2N2. The van der Waals surface area contributed by atoms with Crippen LogP contribution in [0.2, 0.25) is 0 Å². The fourth-order valence-electron chi connectivity index (χ4n) is 1.72. The third kappa shape index (κ3) is 2.77. The van der Waals surface area contributed by atoms with Crippen molar-refractivity contribution in [2.75, 3.05) is 11.1 Å². The predicted octanol–water partition coefficient (Wildman–Crippen LogP) is 3.72. The largest absolute Gasteiger partial charge is 0.399 e. The summed E-state index contributed by atoms with van der Waals surface area (Å²) in [6.45, 7) is 1.88. The van der Waals surface area contributed by atoms with E-state index in [9.17, 15) is 8.78 Å². The van der Waals surface area contributed by atoms with Gasteiger partial charge in [0.25, 0.3) is 0 Å². The predicted molar refractivity (Wildman–Crippen MR) is 69.3 cm³/mol. The maximum absolute atomic E-state index is 13.6. The van der Waals surface area contributed by atoms with Gasteiger partial charge in [0.15, 0.2) is 0 Å². The quantitative estimate of drug-likeness (QED) is 0.812. The Kier molecular flexibility index (Phi) is 3.46. The minimum atomic E-state index is -0.399. The Morgan fingerprint density at radius 3 is 2.33 bits per heavy atom. The molecule has 1 unspecified atom stereocenters. The molecule has 0 aliphatic heterocycles. The summed E-state index contributed by atoms with van der Waals surface area (Å²) >= 11 is 0. The molecule has 0 aliphatic carbocycles. The number of nitrogen functional groups attached to an aromatic ring is 1. The van der Waals surface area contributed by atoms with Crippen molar-refractivity contribution in [3.63, 3.8) is 0 Å². The number of nitrogens with one attached hydrogen (secondary N) is 1. The summed E-state index contributed by atoms with van der Waals surface area (Å²) < 4.78 is 26.4. The highest BCUT2D eigenvalue weighted by Crippen LogP contribution is 2.23. The van der Waals surface area contributed by atoms with Gasteiger partial charge in [-0.3, -0.25) is 0 Å². The average molecular weight is 248 g/mol. The van der Waals surface area contributed by atoms with Gasteiger partial charge in [-0.15, -0.1) is 0 Å². The van der Waals surface area contributed by atoms with Crippen LogP contribution in [0.15, 0.2) is 42.5 Å². The van der Waals surface area contributed by atoms with Gasteiger partial charge < -0.3 is 11.1 Å². The van der Waals surface area contributed by atoms with Gasteiger partial charge in [0.1, 0.15) is 11.6 Å². The number of halogens is 2. The second kappa shape index (κ2) is 5.04. The molecule has 2 rings (SSSR count). The van der Waals surface area contributed by atoms with Crippen molar-refractivity contribution in [3.05, 3.63) is 59.7 Å². The minimum Gasteiger partial charge on any atom is -0.399 e. The molecule has 2 aromatic rings. The third-order valence-electron chi connectivity index (χ3n) is 2.74. The molecule has 0 spiro atoms. The minimum absolute atomic E-state index is 0.122. The lowest BCUT2D eigenvalue weighted by atomic mass is 10.1. The molecule has 0 saturated carbocycles. The second-order valence-corrected chi connectivity index (χ2v) is 4.16. The summed E-state index contributed by atoms with van der Waals surface area (Å²) in [5, 5.41) is 3.02. The Hall–Kier alpha value is -2.10. The van der Waals surface area contributed by atoms with Crippen LogP contribution in [0.5, 0.6) is 0 Å². The van der Waals surface area contributed by atoms with E-state index in [1.807, 2.05) is 6.92 Å². The van der Waals surface area contributed by atoms with Gasteiger partial charge in [0.2, 0.25) is 0 Å². The molecule has 2 aromatic carbocycles. The topological polar surface area (TPSA) is 38.0 Å². The summed E-state index contributed by atoms with van der Waals surface area (Å²) in [6, 6.07) is 10.5. The van der Waals surface area contributed by atoms with Crippen LogP contribution in [0, 0.1) is 11.6 Å². The number of nitrogens with two attached hydrogens (primary N) is 1. The van der Waals surface area contributed by atoms with Crippen LogP contribution < -0.4 is 11.1 Å². The molecule has 0 aromatic heterocycles. The third-order valence-corrected chi connectivity index (χ3v) is 2.74. The lowest BCUT2D eigenvalue weighted by Crippen LogP contribution is -2.08. The molecule has 0 aliphatic rings. The van der Waals surface area contributed by atoms with Crippen molar-refractivity contribution < 1.29 is 8.78 Å². The number of rotatable bonds is 3. The van der Waals surface area contributed by atoms with E-state index in [4.69, 9.17) is 5.73 Å². The van der Waals surface area contributed by atoms with E-state index in [1.165, 1.54) is 18.2 Å². The number of anilines is 2.